The molecule has 0 saturated carbocycles. The van der Waals surface area contributed by atoms with E-state index in [1.165, 1.54) is 0 Å². The number of nitrogens with zero attached hydrogens (tertiary/aromatic N) is 1. The van der Waals surface area contributed by atoms with Crippen molar-refractivity contribution in [3.8, 4) is 5.75 Å². The number of benzene rings is 2. The van der Waals surface area contributed by atoms with E-state index in [4.69, 9.17) is 4.74 Å². The zero-order valence-corrected chi connectivity index (χ0v) is 18.4. The molecule has 9 heteroatoms. The van der Waals surface area contributed by atoms with Gasteiger partial charge in [0.2, 0.25) is 11.8 Å². The molecule has 1 atom stereocenters. The number of hydrogen-bond acceptors (Lipinski definition) is 5. The Morgan fingerprint density at radius 2 is 1.91 bits per heavy atom. The fourth-order valence-corrected chi connectivity index (χ4v) is 3.78. The van der Waals surface area contributed by atoms with Crippen molar-refractivity contribution < 1.29 is 14.3 Å². The largest absolute Gasteiger partial charge is 0.497 e. The number of carbonyl (C=O) groups is 2. The van der Waals surface area contributed by atoms with Gasteiger partial charge in [0.25, 0.3) is 5.56 Å². The number of carbonyl (C=O) groups excluding carboxylic acids is 2. The zero-order valence-electron chi connectivity index (χ0n) is 18.4. The fraction of sp³-hybridized carbons (Fsp3) is 0.250. The molecular weight excluding hydrogens is 422 g/mol. The van der Waals surface area contributed by atoms with Gasteiger partial charge >= 0.3 is 0 Å². The zero-order chi connectivity index (χ0) is 23.4. The lowest BCUT2D eigenvalue weighted by Crippen LogP contribution is -2.45. The van der Waals surface area contributed by atoms with E-state index in [-0.39, 0.29) is 23.8 Å². The van der Waals surface area contributed by atoms with Gasteiger partial charge in [0.15, 0.2) is 0 Å². The first-order valence-corrected chi connectivity index (χ1v) is 10.6. The van der Waals surface area contributed by atoms with Gasteiger partial charge in [-0.25, -0.2) is 5.10 Å². The van der Waals surface area contributed by atoms with E-state index in [1.807, 2.05) is 24.4 Å². The van der Waals surface area contributed by atoms with Crippen LogP contribution in [0, 0.1) is 0 Å². The maximum atomic E-state index is 12.5. The predicted octanol–water partition coefficient (Wildman–Crippen LogP) is 1.82. The molecule has 0 aliphatic heterocycles. The minimum absolute atomic E-state index is 0.0495. The third-order valence-electron chi connectivity index (χ3n) is 5.54. The molecule has 0 aliphatic rings. The van der Waals surface area contributed by atoms with Crippen molar-refractivity contribution in [3.05, 3.63) is 70.3 Å². The minimum Gasteiger partial charge on any atom is -0.497 e. The van der Waals surface area contributed by atoms with Crippen LogP contribution in [0.15, 0.2) is 53.5 Å². The molecule has 170 valence electrons. The Balaban J connectivity index is 1.31. The lowest BCUT2D eigenvalue weighted by atomic mass is 10.1. The van der Waals surface area contributed by atoms with Crippen molar-refractivity contribution in [1.82, 2.24) is 25.8 Å². The van der Waals surface area contributed by atoms with Gasteiger partial charge in [-0.1, -0.05) is 18.2 Å². The maximum absolute atomic E-state index is 12.5. The van der Waals surface area contributed by atoms with Crippen LogP contribution in [0.25, 0.3) is 21.7 Å². The van der Waals surface area contributed by atoms with Crippen molar-refractivity contribution in [1.29, 1.82) is 0 Å². The molecule has 4 rings (SSSR count). The number of H-pyrrole nitrogens is 2. The Morgan fingerprint density at radius 3 is 2.70 bits per heavy atom. The van der Waals surface area contributed by atoms with Crippen LogP contribution in [0.4, 0.5) is 0 Å². The molecule has 9 nitrogen and oxygen atoms in total. The van der Waals surface area contributed by atoms with Gasteiger partial charge in [-0.2, -0.15) is 5.10 Å². The number of aromatic amines is 2. The second-order valence-electron chi connectivity index (χ2n) is 7.78. The summed E-state index contributed by atoms with van der Waals surface area (Å²) < 4.78 is 5.28. The van der Waals surface area contributed by atoms with Crippen molar-refractivity contribution in [2.24, 2.45) is 0 Å². The summed E-state index contributed by atoms with van der Waals surface area (Å²) >= 11 is 0. The molecule has 2 heterocycles. The van der Waals surface area contributed by atoms with Crippen LogP contribution in [0.1, 0.15) is 18.2 Å². The molecule has 2 aromatic carbocycles. The van der Waals surface area contributed by atoms with Crippen LogP contribution in [0.2, 0.25) is 0 Å². The number of rotatable bonds is 8. The quantitative estimate of drug-likeness (QED) is 0.327. The fourth-order valence-electron chi connectivity index (χ4n) is 3.78. The van der Waals surface area contributed by atoms with Crippen molar-refractivity contribution >= 4 is 33.5 Å². The summed E-state index contributed by atoms with van der Waals surface area (Å²) in [5.74, 6) is 0.139. The summed E-state index contributed by atoms with van der Waals surface area (Å²) in [4.78, 5) is 40.1. The second-order valence-corrected chi connectivity index (χ2v) is 7.78. The third kappa shape index (κ3) is 4.87. The van der Waals surface area contributed by atoms with Crippen LogP contribution in [-0.4, -0.2) is 46.7 Å². The highest BCUT2D eigenvalue weighted by atomic mass is 16.5. The Kier molecular flexibility index (Phi) is 6.39. The van der Waals surface area contributed by atoms with Gasteiger partial charge in [-0.05, 0) is 43.2 Å². The topological polar surface area (TPSA) is 129 Å². The Hall–Kier alpha value is -4.14. The molecule has 0 saturated heterocycles. The third-order valence-corrected chi connectivity index (χ3v) is 5.54. The van der Waals surface area contributed by atoms with Crippen LogP contribution in [-0.2, 0) is 22.4 Å². The molecule has 0 fully saturated rings. The Morgan fingerprint density at radius 1 is 1.12 bits per heavy atom. The molecule has 0 bridgehead atoms. The first-order valence-electron chi connectivity index (χ1n) is 10.6. The average Bonchev–Trinajstić information content (AvgIpc) is 3.23. The molecule has 2 aromatic heterocycles. The number of fused-ring (bicyclic) bond motifs is 2. The monoisotopic (exact) mass is 447 g/mol. The number of aromatic nitrogens is 3. The molecule has 0 radical (unpaired) electrons. The number of amides is 2. The standard InChI is InChI=1S/C24H25N5O4/c1-14(27-22(30)12-21-17-5-3-4-6-18(17)24(32)29-28-21)23(31)25-10-9-15-13-26-20-8-7-16(33-2)11-19(15)20/h3-8,11,13-14,26H,9-10,12H2,1-2H3,(H,25,31)(H,27,30)(H,29,32). The molecule has 4 aromatic rings. The molecule has 33 heavy (non-hydrogen) atoms. The van der Waals surface area contributed by atoms with Crippen LogP contribution < -0.4 is 20.9 Å². The van der Waals surface area contributed by atoms with Gasteiger partial charge in [0.1, 0.15) is 11.8 Å². The first-order chi connectivity index (χ1) is 16.0. The van der Waals surface area contributed by atoms with Gasteiger partial charge in [-0.15, -0.1) is 0 Å². The summed E-state index contributed by atoms with van der Waals surface area (Å²) in [5, 5.41) is 14.1. The highest BCUT2D eigenvalue weighted by Gasteiger charge is 2.17. The summed E-state index contributed by atoms with van der Waals surface area (Å²) in [6, 6.07) is 12.0. The Bertz CT molecular complexity index is 1370. The van der Waals surface area contributed by atoms with Gasteiger partial charge in [0.05, 0.1) is 24.6 Å². The van der Waals surface area contributed by atoms with Gasteiger partial charge in [-0.3, -0.25) is 14.4 Å². The summed E-state index contributed by atoms with van der Waals surface area (Å²) in [5.41, 5.74) is 2.21. The van der Waals surface area contributed by atoms with Crippen LogP contribution in [0.3, 0.4) is 0 Å². The average molecular weight is 447 g/mol. The van der Waals surface area contributed by atoms with E-state index in [0.717, 1.165) is 22.2 Å². The van der Waals surface area contributed by atoms with E-state index in [2.05, 4.69) is 25.8 Å². The smallest absolute Gasteiger partial charge is 0.272 e. The molecule has 0 aliphatic carbocycles. The van der Waals surface area contributed by atoms with Crippen molar-refractivity contribution in [2.45, 2.75) is 25.8 Å². The lowest BCUT2D eigenvalue weighted by molar-refractivity contribution is -0.128. The van der Waals surface area contributed by atoms with E-state index in [1.54, 1.807) is 38.3 Å². The first kappa shape index (κ1) is 22.1. The summed E-state index contributed by atoms with van der Waals surface area (Å²) in [6.45, 7) is 2.05. The lowest BCUT2D eigenvalue weighted by Gasteiger charge is -2.14. The Labute approximate surface area is 189 Å². The molecular formula is C24H25N5O4. The van der Waals surface area contributed by atoms with Crippen LogP contribution >= 0.6 is 0 Å². The van der Waals surface area contributed by atoms with Crippen molar-refractivity contribution in [3.63, 3.8) is 0 Å². The normalized spacial score (nSPS) is 11.9. The van der Waals surface area contributed by atoms with Gasteiger partial charge < -0.3 is 20.4 Å². The number of hydrogen-bond donors (Lipinski definition) is 4. The minimum atomic E-state index is -0.713. The van der Waals surface area contributed by atoms with E-state index in [0.29, 0.717) is 29.4 Å². The molecule has 1 unspecified atom stereocenters. The van der Waals surface area contributed by atoms with Crippen LogP contribution in [0.5, 0.6) is 5.75 Å². The highest BCUT2D eigenvalue weighted by Crippen LogP contribution is 2.23. The maximum Gasteiger partial charge on any atom is 0.272 e. The van der Waals surface area contributed by atoms with E-state index < -0.39 is 6.04 Å². The molecule has 2 amide bonds. The highest BCUT2D eigenvalue weighted by molar-refractivity contribution is 5.91. The number of ether oxygens (including phenoxy) is 1. The second kappa shape index (κ2) is 9.56. The SMILES string of the molecule is COc1ccc2[nH]cc(CCNC(=O)C(C)NC(=O)Cc3n[nH]c(=O)c4ccccc34)c2c1. The van der Waals surface area contributed by atoms with E-state index >= 15 is 0 Å². The molecule has 4 N–H and O–H groups in total. The number of nitrogens with one attached hydrogen (secondary N) is 4. The molecule has 0 spiro atoms. The van der Waals surface area contributed by atoms with E-state index in [9.17, 15) is 14.4 Å². The van der Waals surface area contributed by atoms with Gasteiger partial charge in [0, 0.05) is 29.0 Å². The number of methoxy groups -OCH3 is 1. The predicted molar refractivity (Wildman–Crippen MR) is 125 cm³/mol. The van der Waals surface area contributed by atoms with Crippen molar-refractivity contribution in [2.75, 3.05) is 13.7 Å². The summed E-state index contributed by atoms with van der Waals surface area (Å²) in [7, 11) is 1.62. The summed E-state index contributed by atoms with van der Waals surface area (Å²) in [6.07, 6.45) is 2.50.